The highest BCUT2D eigenvalue weighted by molar-refractivity contribution is 6.02. The standard InChI is InChI=1S/C18H15N3O3/c1-12(20)15(10-19)16(22)11-24-17(23)8-7-14-5-2-4-13-6-3-9-21-18(13)14/h2-9H,11,20H2,1H3/b8-7+,15-12+. The van der Waals surface area contributed by atoms with E-state index in [1.54, 1.807) is 18.3 Å². The normalized spacial score (nSPS) is 11.8. The number of nitrogens with two attached hydrogens (primary N) is 1. The van der Waals surface area contributed by atoms with Gasteiger partial charge >= 0.3 is 5.97 Å². The number of nitriles is 1. The van der Waals surface area contributed by atoms with Crippen molar-refractivity contribution in [2.75, 3.05) is 6.61 Å². The maximum Gasteiger partial charge on any atom is 0.331 e. The van der Waals surface area contributed by atoms with Crippen LogP contribution in [0.2, 0.25) is 0 Å². The number of hydrogen-bond donors (Lipinski definition) is 1. The van der Waals surface area contributed by atoms with Crippen LogP contribution in [0, 0.1) is 11.3 Å². The molecule has 0 aliphatic carbocycles. The molecule has 120 valence electrons. The monoisotopic (exact) mass is 321 g/mol. The minimum atomic E-state index is -0.691. The summed E-state index contributed by atoms with van der Waals surface area (Å²) in [6.45, 7) is 0.903. The lowest BCUT2D eigenvalue weighted by Crippen LogP contribution is -2.16. The zero-order valence-corrected chi connectivity index (χ0v) is 13.0. The lowest BCUT2D eigenvalue weighted by Gasteiger charge is -2.02. The second-order valence-corrected chi connectivity index (χ2v) is 4.96. The number of hydrogen-bond acceptors (Lipinski definition) is 6. The van der Waals surface area contributed by atoms with E-state index in [4.69, 9.17) is 15.7 Å². The van der Waals surface area contributed by atoms with Crippen LogP contribution in [0.15, 0.2) is 53.9 Å². The summed E-state index contributed by atoms with van der Waals surface area (Å²) in [5.41, 5.74) is 6.82. The number of carbonyl (C=O) groups is 2. The molecule has 1 heterocycles. The fourth-order valence-electron chi connectivity index (χ4n) is 2.05. The van der Waals surface area contributed by atoms with Crippen molar-refractivity contribution in [3.05, 3.63) is 59.4 Å². The Balaban J connectivity index is 2.05. The molecule has 0 radical (unpaired) electrons. The highest BCUT2D eigenvalue weighted by Crippen LogP contribution is 2.17. The second kappa shape index (κ2) is 7.70. The van der Waals surface area contributed by atoms with E-state index in [1.807, 2.05) is 30.3 Å². The molecule has 0 unspecified atom stereocenters. The molecule has 0 amide bonds. The molecule has 6 heteroatoms. The Kier molecular flexibility index (Phi) is 5.42. The molecular weight excluding hydrogens is 306 g/mol. The summed E-state index contributed by atoms with van der Waals surface area (Å²) < 4.78 is 4.83. The third-order valence-electron chi connectivity index (χ3n) is 3.19. The number of aromatic nitrogens is 1. The van der Waals surface area contributed by atoms with E-state index in [0.717, 1.165) is 16.5 Å². The van der Waals surface area contributed by atoms with Crippen molar-refractivity contribution >= 4 is 28.7 Å². The Morgan fingerprint density at radius 3 is 2.79 bits per heavy atom. The Bertz CT molecular complexity index is 883. The molecule has 1 aromatic heterocycles. The van der Waals surface area contributed by atoms with Gasteiger partial charge < -0.3 is 10.5 Å². The topological polar surface area (TPSA) is 106 Å². The zero-order valence-electron chi connectivity index (χ0n) is 13.0. The van der Waals surface area contributed by atoms with Crippen LogP contribution in [0.1, 0.15) is 12.5 Å². The van der Waals surface area contributed by atoms with Crippen LogP contribution in [0.4, 0.5) is 0 Å². The molecule has 0 bridgehead atoms. The molecule has 0 spiro atoms. The number of pyridine rings is 1. The number of nitrogens with zero attached hydrogens (tertiary/aromatic N) is 2. The molecule has 6 nitrogen and oxygen atoms in total. The van der Waals surface area contributed by atoms with E-state index >= 15 is 0 Å². The van der Waals surface area contributed by atoms with Crippen molar-refractivity contribution in [3.8, 4) is 6.07 Å². The lowest BCUT2D eigenvalue weighted by atomic mass is 10.1. The summed E-state index contributed by atoms with van der Waals surface area (Å²) in [6.07, 6.45) is 4.45. The molecule has 1 aromatic carbocycles. The smallest absolute Gasteiger partial charge is 0.331 e. The number of para-hydroxylation sites is 1. The Labute approximate surface area is 138 Å². The van der Waals surface area contributed by atoms with Crippen LogP contribution in [0.25, 0.3) is 17.0 Å². The quantitative estimate of drug-likeness (QED) is 0.513. The summed E-state index contributed by atoms with van der Waals surface area (Å²) in [5.74, 6) is -1.32. The Morgan fingerprint density at radius 1 is 1.33 bits per heavy atom. The van der Waals surface area contributed by atoms with Gasteiger partial charge in [-0.15, -0.1) is 0 Å². The molecule has 2 aromatic rings. The highest BCUT2D eigenvalue weighted by atomic mass is 16.5. The Morgan fingerprint density at radius 2 is 2.08 bits per heavy atom. The van der Waals surface area contributed by atoms with Gasteiger partial charge in [-0.3, -0.25) is 9.78 Å². The van der Waals surface area contributed by atoms with Crippen molar-refractivity contribution in [1.82, 2.24) is 4.98 Å². The van der Waals surface area contributed by atoms with Crippen molar-refractivity contribution in [3.63, 3.8) is 0 Å². The molecule has 2 N–H and O–H groups in total. The van der Waals surface area contributed by atoms with Gasteiger partial charge in [0.2, 0.25) is 5.78 Å². The fraction of sp³-hybridized carbons (Fsp3) is 0.111. The van der Waals surface area contributed by atoms with Crippen LogP contribution in [-0.2, 0) is 14.3 Å². The first kappa shape index (κ1) is 16.9. The van der Waals surface area contributed by atoms with Crippen LogP contribution in [-0.4, -0.2) is 23.3 Å². The molecule has 0 fully saturated rings. The van der Waals surface area contributed by atoms with E-state index in [0.29, 0.717) is 0 Å². The number of ketones is 1. The average Bonchev–Trinajstić information content (AvgIpc) is 2.58. The number of Topliss-reactive ketones (excluding diaryl/α,β-unsaturated/α-hetero) is 1. The molecule has 0 atom stereocenters. The third kappa shape index (κ3) is 4.05. The molecule has 0 saturated heterocycles. The van der Waals surface area contributed by atoms with Gasteiger partial charge in [-0.05, 0) is 19.1 Å². The minimum Gasteiger partial charge on any atom is -0.454 e. The summed E-state index contributed by atoms with van der Waals surface area (Å²) in [4.78, 5) is 27.7. The minimum absolute atomic E-state index is 0.0934. The number of carbonyl (C=O) groups excluding carboxylic acids is 2. The first-order chi connectivity index (χ1) is 11.5. The summed E-state index contributed by atoms with van der Waals surface area (Å²) in [7, 11) is 0. The van der Waals surface area contributed by atoms with Gasteiger partial charge in [-0.1, -0.05) is 24.3 Å². The Hall–Kier alpha value is -3.46. The van der Waals surface area contributed by atoms with Crippen molar-refractivity contribution in [2.45, 2.75) is 6.92 Å². The number of benzene rings is 1. The molecule has 0 saturated carbocycles. The SMILES string of the molecule is C/C(N)=C(/C#N)C(=O)COC(=O)/C=C/c1cccc2cccnc12. The van der Waals surface area contributed by atoms with Crippen LogP contribution in [0.3, 0.4) is 0 Å². The number of fused-ring (bicyclic) bond motifs is 1. The second-order valence-electron chi connectivity index (χ2n) is 4.96. The molecule has 2 rings (SSSR count). The fourth-order valence-corrected chi connectivity index (χ4v) is 2.05. The summed E-state index contributed by atoms with van der Waals surface area (Å²) in [5, 5.41) is 9.76. The van der Waals surface area contributed by atoms with Crippen molar-refractivity contribution < 1.29 is 14.3 Å². The van der Waals surface area contributed by atoms with Gasteiger partial charge in [0.05, 0.1) is 5.52 Å². The predicted molar refractivity (Wildman–Crippen MR) is 89.2 cm³/mol. The largest absolute Gasteiger partial charge is 0.454 e. The highest BCUT2D eigenvalue weighted by Gasteiger charge is 2.13. The van der Waals surface area contributed by atoms with E-state index in [-0.39, 0.29) is 11.3 Å². The average molecular weight is 321 g/mol. The number of allylic oxidation sites excluding steroid dienone is 1. The van der Waals surface area contributed by atoms with Crippen molar-refractivity contribution in [2.24, 2.45) is 5.73 Å². The van der Waals surface area contributed by atoms with Crippen LogP contribution >= 0.6 is 0 Å². The van der Waals surface area contributed by atoms with E-state index in [1.165, 1.54) is 13.0 Å². The molecule has 0 aliphatic rings. The van der Waals surface area contributed by atoms with Gasteiger partial charge in [0.15, 0.2) is 6.61 Å². The first-order valence-electron chi connectivity index (χ1n) is 7.11. The van der Waals surface area contributed by atoms with Gasteiger partial charge in [-0.25, -0.2) is 4.79 Å². The van der Waals surface area contributed by atoms with Gasteiger partial charge in [0.25, 0.3) is 0 Å². The maximum atomic E-state index is 11.7. The number of esters is 1. The number of ether oxygens (including phenoxy) is 1. The van der Waals surface area contributed by atoms with Crippen LogP contribution in [0.5, 0.6) is 0 Å². The zero-order chi connectivity index (χ0) is 17.5. The summed E-state index contributed by atoms with van der Waals surface area (Å²) in [6, 6.07) is 11.0. The van der Waals surface area contributed by atoms with Gasteiger partial charge in [-0.2, -0.15) is 5.26 Å². The predicted octanol–water partition coefficient (Wildman–Crippen LogP) is 2.12. The summed E-state index contributed by atoms with van der Waals surface area (Å²) >= 11 is 0. The van der Waals surface area contributed by atoms with Crippen molar-refractivity contribution in [1.29, 1.82) is 5.26 Å². The van der Waals surface area contributed by atoms with Crippen LogP contribution < -0.4 is 5.73 Å². The van der Waals surface area contributed by atoms with Gasteiger partial charge in [0.1, 0.15) is 11.6 Å². The maximum absolute atomic E-state index is 11.7. The van der Waals surface area contributed by atoms with Gasteiger partial charge in [0, 0.05) is 28.9 Å². The van der Waals surface area contributed by atoms with E-state index < -0.39 is 18.4 Å². The van der Waals surface area contributed by atoms with E-state index in [2.05, 4.69) is 4.98 Å². The number of rotatable bonds is 5. The molecule has 0 aliphatic heterocycles. The molecule has 24 heavy (non-hydrogen) atoms. The third-order valence-corrected chi connectivity index (χ3v) is 3.19. The lowest BCUT2D eigenvalue weighted by molar-refractivity contribution is -0.141. The van der Waals surface area contributed by atoms with E-state index in [9.17, 15) is 9.59 Å². The molecular formula is C18H15N3O3. The first-order valence-corrected chi connectivity index (χ1v) is 7.11.